The molecule has 1 aromatic rings. The Morgan fingerprint density at radius 3 is 2.35 bits per heavy atom. The molecule has 0 amide bonds. The summed E-state index contributed by atoms with van der Waals surface area (Å²) in [6.45, 7) is 6.05. The molecule has 2 heterocycles. The fourth-order valence-corrected chi connectivity index (χ4v) is 4.86. The topological polar surface area (TPSA) is 46.3 Å². The van der Waals surface area contributed by atoms with E-state index in [1.54, 1.807) is 23.1 Å². The van der Waals surface area contributed by atoms with Crippen LogP contribution in [0.3, 0.4) is 0 Å². The molecule has 1 saturated heterocycles. The number of thiophene rings is 1. The smallest absolute Gasteiger partial charge is 0.177 e. The largest absolute Gasteiger partial charge is 0.396 e. The molecule has 2 N–H and O–H groups in total. The van der Waals surface area contributed by atoms with Crippen LogP contribution < -0.4 is 10.6 Å². The van der Waals surface area contributed by atoms with E-state index in [-0.39, 0.29) is 11.7 Å². The van der Waals surface area contributed by atoms with Crippen LogP contribution in [0.15, 0.2) is 4.90 Å². The van der Waals surface area contributed by atoms with E-state index in [1.165, 1.54) is 30.7 Å². The van der Waals surface area contributed by atoms with Crippen LogP contribution in [0.1, 0.15) is 49.2 Å². The molecule has 20 heavy (non-hydrogen) atoms. The number of Topliss-reactive ketones (excluding diaryl/α,β-unsaturated/α-hetero) is 1. The van der Waals surface area contributed by atoms with Crippen molar-refractivity contribution < 1.29 is 4.79 Å². The van der Waals surface area contributed by atoms with Crippen molar-refractivity contribution in [2.75, 3.05) is 30.0 Å². The molecule has 0 atom stereocenters. The zero-order valence-electron chi connectivity index (χ0n) is 12.6. The fraction of sp³-hybridized carbons (Fsp3) is 0.667. The van der Waals surface area contributed by atoms with E-state index in [0.29, 0.717) is 5.69 Å². The normalized spacial score (nSPS) is 16.5. The van der Waals surface area contributed by atoms with Crippen molar-refractivity contribution >= 4 is 39.6 Å². The Kier molecular flexibility index (Phi) is 5.38. The third-order valence-electron chi connectivity index (χ3n) is 3.73. The minimum atomic E-state index is 0.00244. The van der Waals surface area contributed by atoms with Crippen LogP contribution in [0.2, 0.25) is 0 Å². The first kappa shape index (κ1) is 15.7. The number of nitrogens with zero attached hydrogens (tertiary/aromatic N) is 1. The first-order chi connectivity index (χ1) is 9.56. The predicted molar refractivity (Wildman–Crippen MR) is 90.4 cm³/mol. The highest BCUT2D eigenvalue weighted by Gasteiger charge is 2.25. The summed E-state index contributed by atoms with van der Waals surface area (Å²) in [5.41, 5.74) is 6.94. The average Bonchev–Trinajstić information content (AvgIpc) is 2.62. The van der Waals surface area contributed by atoms with Gasteiger partial charge in [-0.15, -0.1) is 23.1 Å². The molecule has 2 rings (SSSR count). The third kappa shape index (κ3) is 3.14. The SMILES string of the molecule is CSc1c(N2CCCCCC2)sc(C(=O)C(C)C)c1N. The summed E-state index contributed by atoms with van der Waals surface area (Å²) in [7, 11) is 0. The van der Waals surface area contributed by atoms with Crippen molar-refractivity contribution in [2.45, 2.75) is 44.4 Å². The van der Waals surface area contributed by atoms with Crippen molar-refractivity contribution in [2.24, 2.45) is 5.92 Å². The van der Waals surface area contributed by atoms with Crippen LogP contribution in [-0.2, 0) is 0 Å². The van der Waals surface area contributed by atoms with Crippen LogP contribution in [0, 0.1) is 5.92 Å². The Hall–Kier alpha value is -0.680. The lowest BCUT2D eigenvalue weighted by Crippen LogP contribution is -2.23. The van der Waals surface area contributed by atoms with E-state index in [4.69, 9.17) is 5.73 Å². The van der Waals surface area contributed by atoms with E-state index < -0.39 is 0 Å². The number of rotatable bonds is 4. The van der Waals surface area contributed by atoms with Crippen LogP contribution in [0.4, 0.5) is 10.7 Å². The molecular formula is C15H24N2OS2. The van der Waals surface area contributed by atoms with E-state index in [1.807, 2.05) is 20.1 Å². The Morgan fingerprint density at radius 1 is 1.25 bits per heavy atom. The molecule has 0 saturated carbocycles. The van der Waals surface area contributed by atoms with Gasteiger partial charge in [-0.3, -0.25) is 4.79 Å². The molecule has 0 bridgehead atoms. The van der Waals surface area contributed by atoms with Crippen LogP contribution in [0.25, 0.3) is 0 Å². The number of carbonyl (C=O) groups is 1. The first-order valence-corrected chi connectivity index (χ1v) is 9.35. The van der Waals surface area contributed by atoms with Crippen molar-refractivity contribution in [3.63, 3.8) is 0 Å². The molecule has 0 aliphatic carbocycles. The summed E-state index contributed by atoms with van der Waals surface area (Å²) in [5, 5.41) is 1.21. The number of hydrogen-bond donors (Lipinski definition) is 1. The van der Waals surface area contributed by atoms with Crippen LogP contribution >= 0.6 is 23.1 Å². The van der Waals surface area contributed by atoms with E-state index in [9.17, 15) is 4.79 Å². The van der Waals surface area contributed by atoms with Crippen molar-refractivity contribution in [1.82, 2.24) is 0 Å². The molecule has 1 aliphatic rings. The first-order valence-electron chi connectivity index (χ1n) is 7.31. The number of hydrogen-bond acceptors (Lipinski definition) is 5. The maximum Gasteiger partial charge on any atom is 0.177 e. The lowest BCUT2D eigenvalue weighted by Gasteiger charge is -2.21. The van der Waals surface area contributed by atoms with Gasteiger partial charge in [-0.2, -0.15) is 0 Å². The average molecular weight is 313 g/mol. The fourth-order valence-electron chi connectivity index (χ4n) is 2.54. The highest BCUT2D eigenvalue weighted by Crippen LogP contribution is 2.45. The van der Waals surface area contributed by atoms with Crippen molar-refractivity contribution in [1.29, 1.82) is 0 Å². The molecule has 112 valence electrons. The van der Waals surface area contributed by atoms with Gasteiger partial charge in [-0.05, 0) is 19.1 Å². The number of nitrogens with two attached hydrogens (primary N) is 1. The third-order valence-corrected chi connectivity index (χ3v) is 5.96. The van der Waals surface area contributed by atoms with Gasteiger partial charge in [0.1, 0.15) is 5.00 Å². The Labute approximate surface area is 129 Å². The predicted octanol–water partition coefficient (Wildman–Crippen LogP) is 4.27. The molecule has 1 aromatic heterocycles. The molecule has 1 fully saturated rings. The second-order valence-corrected chi connectivity index (χ2v) is 7.42. The second-order valence-electron chi connectivity index (χ2n) is 5.60. The van der Waals surface area contributed by atoms with Crippen molar-refractivity contribution in [3.05, 3.63) is 4.88 Å². The quantitative estimate of drug-likeness (QED) is 0.666. The molecule has 0 aromatic carbocycles. The van der Waals surface area contributed by atoms with Gasteiger partial charge >= 0.3 is 0 Å². The molecule has 1 aliphatic heterocycles. The number of anilines is 2. The molecule has 3 nitrogen and oxygen atoms in total. The summed E-state index contributed by atoms with van der Waals surface area (Å²) in [4.78, 5) is 16.6. The van der Waals surface area contributed by atoms with Gasteiger partial charge in [-0.1, -0.05) is 26.7 Å². The minimum Gasteiger partial charge on any atom is -0.396 e. The molecule has 0 radical (unpaired) electrons. The highest BCUT2D eigenvalue weighted by atomic mass is 32.2. The Balaban J connectivity index is 2.37. The van der Waals surface area contributed by atoms with E-state index in [0.717, 1.165) is 22.9 Å². The lowest BCUT2D eigenvalue weighted by molar-refractivity contribution is 0.0944. The zero-order valence-corrected chi connectivity index (χ0v) is 14.2. The lowest BCUT2D eigenvalue weighted by atomic mass is 10.1. The number of ketones is 1. The summed E-state index contributed by atoms with van der Waals surface area (Å²) >= 11 is 3.26. The summed E-state index contributed by atoms with van der Waals surface area (Å²) in [6.07, 6.45) is 7.13. The Morgan fingerprint density at radius 2 is 1.85 bits per heavy atom. The molecule has 5 heteroatoms. The van der Waals surface area contributed by atoms with Gasteiger partial charge in [0.15, 0.2) is 5.78 Å². The zero-order chi connectivity index (χ0) is 14.7. The van der Waals surface area contributed by atoms with Gasteiger partial charge in [0.25, 0.3) is 0 Å². The van der Waals surface area contributed by atoms with E-state index >= 15 is 0 Å². The monoisotopic (exact) mass is 312 g/mol. The van der Waals surface area contributed by atoms with Gasteiger partial charge in [-0.25, -0.2) is 0 Å². The van der Waals surface area contributed by atoms with Gasteiger partial charge < -0.3 is 10.6 Å². The van der Waals surface area contributed by atoms with Crippen LogP contribution in [-0.4, -0.2) is 25.1 Å². The maximum atomic E-state index is 12.3. The van der Waals surface area contributed by atoms with Gasteiger partial charge in [0.05, 0.1) is 15.5 Å². The second kappa shape index (κ2) is 6.85. The van der Waals surface area contributed by atoms with Crippen molar-refractivity contribution in [3.8, 4) is 0 Å². The van der Waals surface area contributed by atoms with Gasteiger partial charge in [0.2, 0.25) is 0 Å². The van der Waals surface area contributed by atoms with E-state index in [2.05, 4.69) is 4.90 Å². The summed E-state index contributed by atoms with van der Waals surface area (Å²) < 4.78 is 0. The van der Waals surface area contributed by atoms with Gasteiger partial charge in [0, 0.05) is 19.0 Å². The number of carbonyl (C=O) groups excluding carboxylic acids is 1. The number of thioether (sulfide) groups is 1. The Bertz CT molecular complexity index is 474. The molecular weight excluding hydrogens is 288 g/mol. The van der Waals surface area contributed by atoms with Crippen LogP contribution in [0.5, 0.6) is 0 Å². The summed E-state index contributed by atoms with van der Waals surface area (Å²) in [5.74, 6) is 0.173. The number of nitrogen functional groups attached to an aromatic ring is 1. The minimum absolute atomic E-state index is 0.00244. The standard InChI is InChI=1S/C15H24N2OS2/c1-10(2)12(18)13-11(16)14(19-3)15(20-13)17-8-6-4-5-7-9-17/h10H,4-9,16H2,1-3H3. The molecule has 0 unspecified atom stereocenters. The molecule has 0 spiro atoms. The summed E-state index contributed by atoms with van der Waals surface area (Å²) in [6, 6.07) is 0. The maximum absolute atomic E-state index is 12.3. The highest BCUT2D eigenvalue weighted by molar-refractivity contribution is 7.99.